The summed E-state index contributed by atoms with van der Waals surface area (Å²) in [5.41, 5.74) is 3.06. The molecule has 0 spiro atoms. The van der Waals surface area contributed by atoms with Gasteiger partial charge in [-0.05, 0) is 17.5 Å². The highest BCUT2D eigenvalue weighted by Crippen LogP contribution is 2.19. The third-order valence-electron chi connectivity index (χ3n) is 2.27. The molecule has 0 saturated heterocycles. The fourth-order valence-electron chi connectivity index (χ4n) is 1.61. The van der Waals surface area contributed by atoms with Gasteiger partial charge in [0.2, 0.25) is 0 Å². The van der Waals surface area contributed by atoms with Gasteiger partial charge in [-0.1, -0.05) is 18.2 Å². The quantitative estimate of drug-likeness (QED) is 0.590. The number of para-hydroxylation sites is 1. The van der Waals surface area contributed by atoms with E-state index >= 15 is 0 Å². The zero-order chi connectivity index (χ0) is 9.38. The smallest absolute Gasteiger partial charge is 0.148 e. The van der Waals surface area contributed by atoms with Crippen molar-refractivity contribution in [2.45, 2.75) is 0 Å². The van der Waals surface area contributed by atoms with Gasteiger partial charge in [-0.15, -0.1) is 11.3 Å². The minimum atomic E-state index is 0.996. The summed E-state index contributed by atoms with van der Waals surface area (Å²) in [6, 6.07) is 10.4. The van der Waals surface area contributed by atoms with Crippen LogP contribution in [-0.2, 0) is 0 Å². The lowest BCUT2D eigenvalue weighted by molar-refractivity contribution is 1.07. The molecule has 3 heteroatoms. The number of nitrogens with zero attached hydrogens (tertiary/aromatic N) is 2. The molecule has 0 saturated carbocycles. The first-order valence-corrected chi connectivity index (χ1v) is 5.34. The Hall–Kier alpha value is -1.61. The summed E-state index contributed by atoms with van der Waals surface area (Å²) in [4.78, 5) is 4.29. The molecule has 3 rings (SSSR count). The minimum Gasteiger partial charge on any atom is -0.301 e. The molecule has 0 aliphatic rings. The molecule has 2 heterocycles. The maximum absolute atomic E-state index is 4.29. The van der Waals surface area contributed by atoms with Crippen molar-refractivity contribution in [1.82, 2.24) is 9.55 Å². The third-order valence-corrected chi connectivity index (χ3v) is 2.84. The summed E-state index contributed by atoms with van der Waals surface area (Å²) >= 11 is 1.61. The Bertz CT molecular complexity index is 551. The van der Waals surface area contributed by atoms with Gasteiger partial charge in [0.15, 0.2) is 0 Å². The third kappa shape index (κ3) is 1.06. The van der Waals surface area contributed by atoms with E-state index in [1.165, 1.54) is 10.9 Å². The Morgan fingerprint density at radius 3 is 2.93 bits per heavy atom. The summed E-state index contributed by atoms with van der Waals surface area (Å²) in [6.45, 7) is 0. The fraction of sp³-hybridized carbons (Fsp3) is 0. The molecule has 0 bridgehead atoms. The number of thiazole rings is 1. The summed E-state index contributed by atoms with van der Waals surface area (Å²) < 4.78 is 2.10. The molecule has 0 unspecified atom stereocenters. The molecule has 0 fully saturated rings. The Kier molecular flexibility index (Phi) is 1.64. The molecule has 2 nitrogen and oxygen atoms in total. The molecule has 0 amide bonds. The van der Waals surface area contributed by atoms with Crippen molar-refractivity contribution in [1.29, 1.82) is 0 Å². The van der Waals surface area contributed by atoms with Crippen molar-refractivity contribution in [3.05, 3.63) is 47.4 Å². The topological polar surface area (TPSA) is 17.8 Å². The molecule has 0 aliphatic carbocycles. The van der Waals surface area contributed by atoms with E-state index in [0.717, 1.165) is 5.82 Å². The zero-order valence-electron chi connectivity index (χ0n) is 7.42. The molecule has 0 aliphatic heterocycles. The number of fused-ring (bicyclic) bond motifs is 1. The maximum Gasteiger partial charge on any atom is 0.148 e. The van der Waals surface area contributed by atoms with Crippen LogP contribution in [0.3, 0.4) is 0 Å². The van der Waals surface area contributed by atoms with Crippen LogP contribution in [0.2, 0.25) is 0 Å². The fourth-order valence-corrected chi connectivity index (χ4v) is 2.13. The van der Waals surface area contributed by atoms with Gasteiger partial charge in [0, 0.05) is 11.6 Å². The van der Waals surface area contributed by atoms with Crippen LogP contribution in [0.25, 0.3) is 16.7 Å². The van der Waals surface area contributed by atoms with Gasteiger partial charge in [0.1, 0.15) is 5.82 Å². The van der Waals surface area contributed by atoms with Crippen LogP contribution in [0, 0.1) is 0 Å². The average molecular weight is 200 g/mol. The Morgan fingerprint density at radius 2 is 2.07 bits per heavy atom. The zero-order valence-corrected chi connectivity index (χ0v) is 8.24. The van der Waals surface area contributed by atoms with Crippen LogP contribution in [0.4, 0.5) is 0 Å². The van der Waals surface area contributed by atoms with Crippen LogP contribution in [0.15, 0.2) is 47.4 Å². The van der Waals surface area contributed by atoms with Crippen molar-refractivity contribution in [2.75, 3.05) is 0 Å². The lowest BCUT2D eigenvalue weighted by Crippen LogP contribution is -1.90. The molecular weight excluding hydrogens is 192 g/mol. The molecular formula is C11H8N2S. The van der Waals surface area contributed by atoms with E-state index in [4.69, 9.17) is 0 Å². The number of aromatic nitrogens is 2. The van der Waals surface area contributed by atoms with Crippen LogP contribution in [0.5, 0.6) is 0 Å². The molecule has 14 heavy (non-hydrogen) atoms. The van der Waals surface area contributed by atoms with Crippen molar-refractivity contribution < 1.29 is 0 Å². The molecule has 0 N–H and O–H groups in total. The number of hydrogen-bond acceptors (Lipinski definition) is 2. The van der Waals surface area contributed by atoms with Gasteiger partial charge < -0.3 is 4.57 Å². The van der Waals surface area contributed by atoms with E-state index in [1.807, 2.05) is 23.0 Å². The number of hydrogen-bond donors (Lipinski definition) is 0. The van der Waals surface area contributed by atoms with Crippen LogP contribution >= 0.6 is 11.3 Å². The highest BCUT2D eigenvalue weighted by molar-refractivity contribution is 7.07. The largest absolute Gasteiger partial charge is 0.301 e. The molecule has 0 atom stereocenters. The number of rotatable bonds is 1. The first-order chi connectivity index (χ1) is 6.95. The highest BCUT2D eigenvalue weighted by Gasteiger charge is 2.02. The standard InChI is InChI=1S/C11H8N2S/c1-2-4-10-9(3-1)5-6-13(10)11-7-14-8-12-11/h1-8H. The normalized spacial score (nSPS) is 10.9. The van der Waals surface area contributed by atoms with E-state index in [9.17, 15) is 0 Å². The van der Waals surface area contributed by atoms with Gasteiger partial charge in [-0.25, -0.2) is 4.98 Å². The average Bonchev–Trinajstić information content (AvgIpc) is 2.85. The highest BCUT2D eigenvalue weighted by atomic mass is 32.1. The summed E-state index contributed by atoms with van der Waals surface area (Å²) in [7, 11) is 0. The molecule has 0 radical (unpaired) electrons. The van der Waals surface area contributed by atoms with Crippen molar-refractivity contribution in [3.63, 3.8) is 0 Å². The second kappa shape index (κ2) is 2.96. The molecule has 2 aromatic heterocycles. The van der Waals surface area contributed by atoms with E-state index in [1.54, 1.807) is 11.3 Å². The predicted molar refractivity (Wildman–Crippen MR) is 58.9 cm³/mol. The van der Waals surface area contributed by atoms with E-state index in [2.05, 4.69) is 33.9 Å². The summed E-state index contributed by atoms with van der Waals surface area (Å²) in [6.07, 6.45) is 2.06. The lowest BCUT2D eigenvalue weighted by atomic mass is 10.2. The lowest BCUT2D eigenvalue weighted by Gasteiger charge is -1.99. The second-order valence-corrected chi connectivity index (χ2v) is 3.81. The van der Waals surface area contributed by atoms with Crippen LogP contribution in [-0.4, -0.2) is 9.55 Å². The SMILES string of the molecule is c1ccc2c(c1)ccn2-c1cscn1. The van der Waals surface area contributed by atoms with Crippen molar-refractivity contribution >= 4 is 22.2 Å². The van der Waals surface area contributed by atoms with Gasteiger partial charge in [0.25, 0.3) is 0 Å². The molecule has 68 valence electrons. The Balaban J connectivity index is 2.33. The van der Waals surface area contributed by atoms with Crippen molar-refractivity contribution in [2.24, 2.45) is 0 Å². The van der Waals surface area contributed by atoms with Crippen molar-refractivity contribution in [3.8, 4) is 5.82 Å². The van der Waals surface area contributed by atoms with E-state index < -0.39 is 0 Å². The van der Waals surface area contributed by atoms with Gasteiger partial charge in [-0.3, -0.25) is 0 Å². The number of benzene rings is 1. The second-order valence-electron chi connectivity index (χ2n) is 3.09. The maximum atomic E-state index is 4.29. The Morgan fingerprint density at radius 1 is 1.14 bits per heavy atom. The molecule has 1 aromatic carbocycles. The Labute approximate surface area is 85.4 Å². The minimum absolute atomic E-state index is 0.996. The van der Waals surface area contributed by atoms with E-state index in [0.29, 0.717) is 0 Å². The van der Waals surface area contributed by atoms with Crippen LogP contribution in [0.1, 0.15) is 0 Å². The summed E-state index contributed by atoms with van der Waals surface area (Å²) in [5, 5.41) is 3.30. The predicted octanol–water partition coefficient (Wildman–Crippen LogP) is 3.09. The first-order valence-electron chi connectivity index (χ1n) is 4.40. The summed E-state index contributed by atoms with van der Waals surface area (Å²) in [5.74, 6) is 0.996. The molecule has 3 aromatic rings. The van der Waals surface area contributed by atoms with Gasteiger partial charge in [0.05, 0.1) is 11.0 Å². The van der Waals surface area contributed by atoms with Crippen LogP contribution < -0.4 is 0 Å². The van der Waals surface area contributed by atoms with E-state index in [-0.39, 0.29) is 0 Å². The first kappa shape index (κ1) is 7.76. The van der Waals surface area contributed by atoms with Gasteiger partial charge >= 0.3 is 0 Å². The monoisotopic (exact) mass is 200 g/mol. The van der Waals surface area contributed by atoms with Gasteiger partial charge in [-0.2, -0.15) is 0 Å².